The van der Waals surface area contributed by atoms with Gasteiger partial charge in [-0.1, -0.05) is 18.2 Å². The van der Waals surface area contributed by atoms with Gasteiger partial charge in [0.1, 0.15) is 17.3 Å². The summed E-state index contributed by atoms with van der Waals surface area (Å²) in [5.74, 6) is 0.807. The van der Waals surface area contributed by atoms with Crippen molar-refractivity contribution in [2.24, 2.45) is 4.99 Å². The van der Waals surface area contributed by atoms with Crippen molar-refractivity contribution in [3.8, 4) is 0 Å². The van der Waals surface area contributed by atoms with Crippen molar-refractivity contribution < 1.29 is 0 Å². The largest absolute Gasteiger partial charge is 0.290 e. The van der Waals surface area contributed by atoms with Crippen LogP contribution in [0.4, 0.5) is 0 Å². The van der Waals surface area contributed by atoms with Crippen molar-refractivity contribution in [3.05, 3.63) is 30.0 Å². The van der Waals surface area contributed by atoms with Crippen molar-refractivity contribution in [2.75, 3.05) is 0 Å². The summed E-state index contributed by atoms with van der Waals surface area (Å²) in [6.07, 6.45) is 3.13. The number of hydrogen-bond donors (Lipinski definition) is 0. The quantitative estimate of drug-likeness (QED) is 0.485. The highest BCUT2D eigenvalue weighted by atomic mass is 35.5. The molecule has 3 nitrogen and oxygen atoms in total. The molecule has 0 N–H and O–H groups in total. The molecule has 1 aromatic heterocycles. The average molecular weight is 184 g/mol. The van der Waals surface area contributed by atoms with E-state index in [4.69, 9.17) is 11.6 Å². The van der Waals surface area contributed by atoms with Gasteiger partial charge in [-0.05, 0) is 13.8 Å². The Bertz CT molecular complexity index is 325. The highest BCUT2D eigenvalue weighted by Gasteiger charge is 2.04. The van der Waals surface area contributed by atoms with Crippen LogP contribution in [0.1, 0.15) is 12.6 Å². The molecule has 0 spiro atoms. The Kier molecular flexibility index (Phi) is 2.65. The van der Waals surface area contributed by atoms with E-state index < -0.39 is 0 Å². The zero-order chi connectivity index (χ0) is 9.14. The van der Waals surface area contributed by atoms with E-state index in [0.717, 1.165) is 11.5 Å². The normalized spacial score (nSPS) is 11.8. The Labute approximate surface area is 76.4 Å². The van der Waals surface area contributed by atoms with Crippen LogP contribution in [0.5, 0.6) is 0 Å². The summed E-state index contributed by atoms with van der Waals surface area (Å²) in [4.78, 5) is 7.95. The number of imidazole rings is 1. The van der Waals surface area contributed by atoms with E-state index in [1.54, 1.807) is 6.33 Å². The lowest BCUT2D eigenvalue weighted by atomic mass is 10.5. The van der Waals surface area contributed by atoms with Gasteiger partial charge < -0.3 is 0 Å². The van der Waals surface area contributed by atoms with E-state index in [1.807, 2.05) is 18.4 Å². The Morgan fingerprint density at radius 1 is 1.83 bits per heavy atom. The number of aliphatic imine (C=N–C) groups is 1. The summed E-state index contributed by atoms with van der Waals surface area (Å²) in [5.41, 5.74) is 0.889. The van der Waals surface area contributed by atoms with Gasteiger partial charge in [0.25, 0.3) is 0 Å². The third-order valence-corrected chi connectivity index (χ3v) is 1.94. The lowest BCUT2D eigenvalue weighted by Gasteiger charge is -2.01. The minimum atomic E-state index is 0.508. The second kappa shape index (κ2) is 3.54. The van der Waals surface area contributed by atoms with Crippen molar-refractivity contribution in [1.82, 2.24) is 9.55 Å². The van der Waals surface area contributed by atoms with Crippen LogP contribution in [-0.2, 0) is 0 Å². The van der Waals surface area contributed by atoms with Crippen LogP contribution in [0.15, 0.2) is 24.1 Å². The molecule has 0 saturated carbocycles. The molecule has 4 heteroatoms. The minimum absolute atomic E-state index is 0.508. The zero-order valence-electron chi connectivity index (χ0n) is 7.08. The van der Waals surface area contributed by atoms with Gasteiger partial charge in [-0.3, -0.25) is 4.57 Å². The molecule has 0 unspecified atom stereocenters. The first kappa shape index (κ1) is 9.00. The zero-order valence-corrected chi connectivity index (χ0v) is 7.84. The molecule has 1 rings (SSSR count). The van der Waals surface area contributed by atoms with Crippen LogP contribution in [0.25, 0.3) is 0 Å². The molecule has 1 heterocycles. The first-order valence-electron chi connectivity index (χ1n) is 3.52. The highest BCUT2D eigenvalue weighted by molar-refractivity contribution is 6.30. The summed E-state index contributed by atoms with van der Waals surface area (Å²) >= 11 is 5.76. The van der Waals surface area contributed by atoms with Gasteiger partial charge in [0.05, 0.1) is 5.69 Å². The van der Waals surface area contributed by atoms with Crippen molar-refractivity contribution >= 4 is 17.4 Å². The number of rotatable bonds is 1. The summed E-state index contributed by atoms with van der Waals surface area (Å²) < 4.78 is 1.81. The summed E-state index contributed by atoms with van der Waals surface area (Å²) in [7, 11) is 0. The van der Waals surface area contributed by atoms with Crippen LogP contribution >= 0.6 is 11.6 Å². The SMILES string of the molecule is C=CN=C(C)n1cnc(Cl)c1C. The lowest BCUT2D eigenvalue weighted by molar-refractivity contribution is 1.06. The molecule has 0 aliphatic carbocycles. The topological polar surface area (TPSA) is 30.2 Å². The van der Waals surface area contributed by atoms with Crippen LogP contribution < -0.4 is 0 Å². The van der Waals surface area contributed by atoms with E-state index in [0.29, 0.717) is 5.15 Å². The molecule has 0 bridgehead atoms. The molecule has 12 heavy (non-hydrogen) atoms. The van der Waals surface area contributed by atoms with Crippen molar-refractivity contribution in [2.45, 2.75) is 13.8 Å². The van der Waals surface area contributed by atoms with Gasteiger partial charge in [-0.15, -0.1) is 0 Å². The molecule has 0 amide bonds. The maximum Gasteiger partial charge on any atom is 0.150 e. The molecule has 0 fully saturated rings. The van der Waals surface area contributed by atoms with Crippen LogP contribution in [0.3, 0.4) is 0 Å². The molecule has 0 aromatic carbocycles. The molecular weight excluding hydrogens is 174 g/mol. The molecular formula is C8H10ClN3. The Morgan fingerprint density at radius 3 is 2.92 bits per heavy atom. The van der Waals surface area contributed by atoms with E-state index >= 15 is 0 Å². The standard InChI is InChI=1S/C8H10ClN3/c1-4-10-7(3)12-5-11-8(9)6(12)2/h4-5H,1H2,2-3H3. The number of nitrogens with zero attached hydrogens (tertiary/aromatic N) is 3. The summed E-state index contributed by atoms with van der Waals surface area (Å²) in [6, 6.07) is 0. The van der Waals surface area contributed by atoms with E-state index in [1.165, 1.54) is 6.20 Å². The summed E-state index contributed by atoms with van der Waals surface area (Å²) in [6.45, 7) is 7.26. The minimum Gasteiger partial charge on any atom is -0.290 e. The van der Waals surface area contributed by atoms with Gasteiger partial charge in [0.2, 0.25) is 0 Å². The average Bonchev–Trinajstić information content (AvgIpc) is 2.34. The van der Waals surface area contributed by atoms with Crippen molar-refractivity contribution in [1.29, 1.82) is 0 Å². The van der Waals surface area contributed by atoms with E-state index in [2.05, 4.69) is 16.6 Å². The summed E-state index contributed by atoms with van der Waals surface area (Å²) in [5, 5.41) is 0.508. The van der Waals surface area contributed by atoms with Gasteiger partial charge in [0, 0.05) is 6.20 Å². The number of halogens is 1. The van der Waals surface area contributed by atoms with Gasteiger partial charge in [-0.25, -0.2) is 9.98 Å². The Morgan fingerprint density at radius 2 is 2.50 bits per heavy atom. The van der Waals surface area contributed by atoms with Gasteiger partial charge in [0.15, 0.2) is 0 Å². The molecule has 0 radical (unpaired) electrons. The monoisotopic (exact) mass is 183 g/mol. The third kappa shape index (κ3) is 1.56. The third-order valence-electron chi connectivity index (χ3n) is 1.57. The maximum absolute atomic E-state index is 5.76. The van der Waals surface area contributed by atoms with Gasteiger partial charge >= 0.3 is 0 Å². The van der Waals surface area contributed by atoms with Crippen LogP contribution in [0.2, 0.25) is 5.15 Å². The fraction of sp³-hybridized carbons (Fsp3) is 0.250. The first-order valence-corrected chi connectivity index (χ1v) is 3.89. The molecule has 0 aliphatic rings. The van der Waals surface area contributed by atoms with Crippen LogP contribution in [0, 0.1) is 6.92 Å². The first-order chi connectivity index (χ1) is 5.66. The van der Waals surface area contributed by atoms with Crippen LogP contribution in [-0.4, -0.2) is 15.4 Å². The smallest absolute Gasteiger partial charge is 0.150 e. The predicted molar refractivity (Wildman–Crippen MR) is 50.7 cm³/mol. The molecule has 0 atom stereocenters. The molecule has 0 aliphatic heterocycles. The molecule has 64 valence electrons. The Balaban J connectivity index is 3.11. The van der Waals surface area contributed by atoms with Gasteiger partial charge in [-0.2, -0.15) is 0 Å². The highest BCUT2D eigenvalue weighted by Crippen LogP contribution is 2.11. The lowest BCUT2D eigenvalue weighted by Crippen LogP contribution is -2.06. The second-order valence-corrected chi connectivity index (χ2v) is 2.71. The molecule has 1 aromatic rings. The number of aromatic nitrogens is 2. The van der Waals surface area contributed by atoms with Crippen molar-refractivity contribution in [3.63, 3.8) is 0 Å². The van der Waals surface area contributed by atoms with E-state index in [-0.39, 0.29) is 0 Å². The Hall–Kier alpha value is -1.09. The van der Waals surface area contributed by atoms with E-state index in [9.17, 15) is 0 Å². The fourth-order valence-electron chi connectivity index (χ4n) is 0.908. The fourth-order valence-corrected chi connectivity index (χ4v) is 1.04. The number of hydrogen-bond acceptors (Lipinski definition) is 2. The predicted octanol–water partition coefficient (Wildman–Crippen LogP) is 2.25. The molecule has 0 saturated heterocycles. The second-order valence-electron chi connectivity index (χ2n) is 2.35. The maximum atomic E-state index is 5.76.